The van der Waals surface area contributed by atoms with Gasteiger partial charge in [0, 0.05) is 18.8 Å². The van der Waals surface area contributed by atoms with Crippen molar-refractivity contribution < 1.29 is 0 Å². The number of rotatable bonds is 1. The van der Waals surface area contributed by atoms with E-state index in [2.05, 4.69) is 37.1 Å². The van der Waals surface area contributed by atoms with E-state index in [0.717, 1.165) is 5.69 Å². The highest BCUT2D eigenvalue weighted by Gasteiger charge is 2.03. The fraction of sp³-hybridized carbons (Fsp3) is 0.250. The Hall–Kier alpha value is -1.57. The Morgan fingerprint density at radius 2 is 1.93 bits per heavy atom. The first-order valence-corrected chi connectivity index (χ1v) is 4.74. The summed E-state index contributed by atoms with van der Waals surface area (Å²) in [6.45, 7) is 4.23. The summed E-state index contributed by atoms with van der Waals surface area (Å²) < 4.78 is 1.83. The van der Waals surface area contributed by atoms with Crippen molar-refractivity contribution in [1.82, 2.24) is 9.78 Å². The maximum atomic E-state index is 4.39. The van der Waals surface area contributed by atoms with Crippen molar-refractivity contribution in [2.45, 2.75) is 13.8 Å². The molecule has 2 aromatic rings. The van der Waals surface area contributed by atoms with Crippen LogP contribution in [0.15, 0.2) is 30.5 Å². The van der Waals surface area contributed by atoms with Crippen LogP contribution in [0.1, 0.15) is 11.1 Å². The Morgan fingerprint density at radius 3 is 2.50 bits per heavy atom. The molecule has 0 bridgehead atoms. The van der Waals surface area contributed by atoms with Crippen LogP contribution in [0.2, 0.25) is 0 Å². The lowest BCUT2D eigenvalue weighted by molar-refractivity contribution is 0.771. The smallest absolute Gasteiger partial charge is 0.0925 e. The van der Waals surface area contributed by atoms with Crippen LogP contribution in [0.5, 0.6) is 0 Å². The highest BCUT2D eigenvalue weighted by atomic mass is 15.2. The Kier molecular flexibility index (Phi) is 2.12. The van der Waals surface area contributed by atoms with Gasteiger partial charge in [-0.1, -0.05) is 23.8 Å². The molecule has 1 heterocycles. The zero-order valence-electron chi connectivity index (χ0n) is 8.78. The van der Waals surface area contributed by atoms with Gasteiger partial charge in [-0.3, -0.25) is 4.68 Å². The van der Waals surface area contributed by atoms with Crippen molar-refractivity contribution in [3.63, 3.8) is 0 Å². The number of aromatic nitrogens is 2. The minimum atomic E-state index is 1.05. The molecular formula is C12H14N2. The summed E-state index contributed by atoms with van der Waals surface area (Å²) >= 11 is 0. The summed E-state index contributed by atoms with van der Waals surface area (Å²) in [6, 6.07) is 8.48. The maximum absolute atomic E-state index is 4.39. The van der Waals surface area contributed by atoms with Gasteiger partial charge in [-0.2, -0.15) is 5.10 Å². The molecule has 0 atom stereocenters. The molecule has 0 amide bonds. The minimum Gasteiger partial charge on any atom is -0.275 e. The van der Waals surface area contributed by atoms with Crippen molar-refractivity contribution >= 4 is 0 Å². The lowest BCUT2D eigenvalue weighted by Gasteiger charge is -2.03. The number of nitrogens with zero attached hydrogens (tertiary/aromatic N) is 2. The van der Waals surface area contributed by atoms with Crippen LogP contribution >= 0.6 is 0 Å². The van der Waals surface area contributed by atoms with Crippen molar-refractivity contribution in [2.24, 2.45) is 7.05 Å². The van der Waals surface area contributed by atoms with Gasteiger partial charge in [0.25, 0.3) is 0 Å². The summed E-state index contributed by atoms with van der Waals surface area (Å²) in [5.74, 6) is 0. The Balaban J connectivity index is 2.52. The van der Waals surface area contributed by atoms with E-state index in [1.165, 1.54) is 16.7 Å². The van der Waals surface area contributed by atoms with Crippen LogP contribution in [0, 0.1) is 13.8 Å². The molecule has 0 unspecified atom stereocenters. The van der Waals surface area contributed by atoms with Crippen molar-refractivity contribution in [1.29, 1.82) is 0 Å². The van der Waals surface area contributed by atoms with Crippen LogP contribution in [-0.4, -0.2) is 9.78 Å². The van der Waals surface area contributed by atoms with Gasteiger partial charge in [-0.25, -0.2) is 0 Å². The van der Waals surface area contributed by atoms with E-state index in [-0.39, 0.29) is 0 Å². The van der Waals surface area contributed by atoms with Crippen molar-refractivity contribution in [3.05, 3.63) is 41.6 Å². The predicted octanol–water partition coefficient (Wildman–Crippen LogP) is 2.70. The second-order valence-corrected chi connectivity index (χ2v) is 3.69. The number of aryl methyl sites for hydroxylation is 3. The van der Waals surface area contributed by atoms with E-state index in [4.69, 9.17) is 0 Å². The molecule has 0 aliphatic heterocycles. The van der Waals surface area contributed by atoms with Gasteiger partial charge < -0.3 is 0 Å². The molecule has 2 nitrogen and oxygen atoms in total. The molecule has 0 radical (unpaired) electrons. The third-order valence-corrected chi connectivity index (χ3v) is 2.37. The number of hydrogen-bond donors (Lipinski definition) is 0. The second kappa shape index (κ2) is 3.29. The van der Waals surface area contributed by atoms with Gasteiger partial charge >= 0.3 is 0 Å². The third kappa shape index (κ3) is 1.55. The zero-order chi connectivity index (χ0) is 10.1. The van der Waals surface area contributed by atoms with Gasteiger partial charge in [0.2, 0.25) is 0 Å². The molecule has 0 aliphatic carbocycles. The molecule has 14 heavy (non-hydrogen) atoms. The van der Waals surface area contributed by atoms with E-state index in [1.54, 1.807) is 0 Å². The Morgan fingerprint density at radius 1 is 1.14 bits per heavy atom. The first kappa shape index (κ1) is 9.00. The molecule has 0 saturated heterocycles. The quantitative estimate of drug-likeness (QED) is 0.669. The normalized spacial score (nSPS) is 10.5. The number of benzene rings is 1. The summed E-state index contributed by atoms with van der Waals surface area (Å²) in [5, 5.41) is 4.39. The molecular weight excluding hydrogens is 172 g/mol. The lowest BCUT2D eigenvalue weighted by Crippen LogP contribution is -1.89. The molecule has 0 saturated carbocycles. The van der Waals surface area contributed by atoms with Gasteiger partial charge in [0.05, 0.1) is 5.69 Å². The molecule has 2 heteroatoms. The topological polar surface area (TPSA) is 17.8 Å². The van der Waals surface area contributed by atoms with Crippen molar-refractivity contribution in [3.8, 4) is 11.3 Å². The molecule has 0 N–H and O–H groups in total. The second-order valence-electron chi connectivity index (χ2n) is 3.69. The summed E-state index contributed by atoms with van der Waals surface area (Å²) in [6.07, 6.45) is 1.97. The van der Waals surface area contributed by atoms with E-state index in [9.17, 15) is 0 Å². The van der Waals surface area contributed by atoms with Crippen LogP contribution in [0.4, 0.5) is 0 Å². The van der Waals surface area contributed by atoms with E-state index in [1.807, 2.05) is 24.0 Å². The van der Waals surface area contributed by atoms with E-state index >= 15 is 0 Å². The largest absolute Gasteiger partial charge is 0.275 e. The molecule has 72 valence electrons. The SMILES string of the molecule is Cc1ccc(-c2ccn(C)n2)c(C)c1. The van der Waals surface area contributed by atoms with E-state index in [0.29, 0.717) is 0 Å². The lowest BCUT2D eigenvalue weighted by atomic mass is 10.0. The van der Waals surface area contributed by atoms with Crippen LogP contribution in [0.3, 0.4) is 0 Å². The van der Waals surface area contributed by atoms with Crippen LogP contribution in [-0.2, 0) is 7.05 Å². The standard InChI is InChI=1S/C12H14N2/c1-9-4-5-11(10(2)8-9)12-6-7-14(3)13-12/h4-8H,1-3H3. The molecule has 0 spiro atoms. The minimum absolute atomic E-state index is 1.05. The summed E-state index contributed by atoms with van der Waals surface area (Å²) in [5.41, 5.74) is 4.84. The Labute approximate surface area is 84.2 Å². The van der Waals surface area contributed by atoms with Gasteiger partial charge in [-0.15, -0.1) is 0 Å². The highest BCUT2D eigenvalue weighted by molar-refractivity contribution is 5.63. The summed E-state index contributed by atoms with van der Waals surface area (Å²) in [4.78, 5) is 0. The predicted molar refractivity (Wildman–Crippen MR) is 58.1 cm³/mol. The van der Waals surface area contributed by atoms with Crippen LogP contribution < -0.4 is 0 Å². The number of hydrogen-bond acceptors (Lipinski definition) is 1. The van der Waals surface area contributed by atoms with E-state index < -0.39 is 0 Å². The fourth-order valence-electron chi connectivity index (χ4n) is 1.66. The van der Waals surface area contributed by atoms with Gasteiger partial charge in [-0.05, 0) is 25.5 Å². The van der Waals surface area contributed by atoms with Crippen molar-refractivity contribution in [2.75, 3.05) is 0 Å². The molecule has 0 aliphatic rings. The fourth-order valence-corrected chi connectivity index (χ4v) is 1.66. The monoisotopic (exact) mass is 186 g/mol. The first-order chi connectivity index (χ1) is 6.66. The van der Waals surface area contributed by atoms with Gasteiger partial charge in [0.15, 0.2) is 0 Å². The average Bonchev–Trinajstić information content (AvgIpc) is 2.51. The molecule has 1 aromatic carbocycles. The van der Waals surface area contributed by atoms with Crippen LogP contribution in [0.25, 0.3) is 11.3 Å². The Bertz CT molecular complexity index is 455. The molecule has 2 rings (SSSR count). The zero-order valence-corrected chi connectivity index (χ0v) is 8.78. The van der Waals surface area contributed by atoms with Gasteiger partial charge in [0.1, 0.15) is 0 Å². The first-order valence-electron chi connectivity index (χ1n) is 4.74. The molecule has 0 fully saturated rings. The maximum Gasteiger partial charge on any atom is 0.0925 e. The molecule has 1 aromatic heterocycles. The highest BCUT2D eigenvalue weighted by Crippen LogP contribution is 2.21. The average molecular weight is 186 g/mol. The third-order valence-electron chi connectivity index (χ3n) is 2.37. The summed E-state index contributed by atoms with van der Waals surface area (Å²) in [7, 11) is 1.94.